The number of anilines is 2. The molecule has 11 heteroatoms. The summed E-state index contributed by atoms with van der Waals surface area (Å²) < 4.78 is 6.78. The third-order valence-electron chi connectivity index (χ3n) is 4.32. The van der Waals surface area contributed by atoms with Crippen molar-refractivity contribution in [2.45, 2.75) is 11.6 Å². The maximum atomic E-state index is 12.3. The number of hydrogen-bond donors (Lipinski definition) is 3. The molecule has 0 fully saturated rings. The summed E-state index contributed by atoms with van der Waals surface area (Å²) in [6.45, 7) is 0. The second-order valence-electron chi connectivity index (χ2n) is 6.64. The Hall–Kier alpha value is -3.86. The van der Waals surface area contributed by atoms with Gasteiger partial charge in [-0.05, 0) is 30.3 Å². The summed E-state index contributed by atoms with van der Waals surface area (Å²) in [6, 6.07) is 13.0. The van der Waals surface area contributed by atoms with Crippen molar-refractivity contribution in [1.29, 1.82) is 0 Å². The molecule has 0 spiro atoms. The first kappa shape index (κ1) is 22.8. The van der Waals surface area contributed by atoms with Gasteiger partial charge in [-0.2, -0.15) is 0 Å². The lowest BCUT2D eigenvalue weighted by molar-refractivity contribution is -0.116. The normalized spacial score (nSPS) is 10.4. The first-order valence-corrected chi connectivity index (χ1v) is 10.4. The number of thioether (sulfide) groups is 1. The Morgan fingerprint density at radius 2 is 1.72 bits per heavy atom. The Balaban J connectivity index is 1.54. The lowest BCUT2D eigenvalue weighted by Gasteiger charge is -2.08. The average Bonchev–Trinajstić information content (AvgIpc) is 3.11. The highest BCUT2D eigenvalue weighted by Gasteiger charge is 2.15. The minimum atomic E-state index is -1.07. The number of methoxy groups -OCH3 is 1. The summed E-state index contributed by atoms with van der Waals surface area (Å²) in [5.74, 6) is -0.536. The van der Waals surface area contributed by atoms with Crippen LogP contribution in [-0.4, -0.2) is 50.5 Å². The number of amides is 2. The van der Waals surface area contributed by atoms with Crippen LogP contribution in [0.15, 0.2) is 53.7 Å². The van der Waals surface area contributed by atoms with E-state index in [1.807, 2.05) is 0 Å². The smallest absolute Gasteiger partial charge is 0.335 e. The molecule has 0 atom stereocenters. The Morgan fingerprint density at radius 3 is 2.44 bits per heavy atom. The minimum absolute atomic E-state index is 0.00937. The van der Waals surface area contributed by atoms with Gasteiger partial charge < -0.3 is 25.0 Å². The van der Waals surface area contributed by atoms with Crippen molar-refractivity contribution in [1.82, 2.24) is 14.8 Å². The average molecular weight is 455 g/mol. The lowest BCUT2D eigenvalue weighted by Crippen LogP contribution is -2.17. The summed E-state index contributed by atoms with van der Waals surface area (Å²) in [5.41, 5.74) is 1.08. The highest BCUT2D eigenvalue weighted by molar-refractivity contribution is 7.99. The number of nitrogens with one attached hydrogen (secondary N) is 2. The molecule has 1 heterocycles. The zero-order valence-electron chi connectivity index (χ0n) is 17.4. The van der Waals surface area contributed by atoms with Crippen molar-refractivity contribution >= 4 is 40.9 Å². The van der Waals surface area contributed by atoms with Gasteiger partial charge in [-0.25, -0.2) is 4.79 Å². The van der Waals surface area contributed by atoms with E-state index in [0.717, 1.165) is 11.8 Å². The van der Waals surface area contributed by atoms with Crippen LogP contribution >= 0.6 is 11.8 Å². The maximum absolute atomic E-state index is 12.3. The number of rotatable bonds is 9. The fourth-order valence-corrected chi connectivity index (χ4v) is 3.46. The van der Waals surface area contributed by atoms with Gasteiger partial charge in [0, 0.05) is 24.5 Å². The molecule has 0 bridgehead atoms. The first-order chi connectivity index (χ1) is 15.4. The Morgan fingerprint density at radius 1 is 1.03 bits per heavy atom. The van der Waals surface area contributed by atoms with Crippen molar-refractivity contribution in [3.63, 3.8) is 0 Å². The van der Waals surface area contributed by atoms with Gasteiger partial charge in [0.25, 0.3) is 0 Å². The first-order valence-electron chi connectivity index (χ1n) is 9.44. The van der Waals surface area contributed by atoms with Gasteiger partial charge in [0.1, 0.15) is 11.6 Å². The molecule has 2 amide bonds. The summed E-state index contributed by atoms with van der Waals surface area (Å²) in [4.78, 5) is 35.6. The maximum Gasteiger partial charge on any atom is 0.335 e. The highest BCUT2D eigenvalue weighted by Crippen LogP contribution is 2.19. The molecule has 0 unspecified atom stereocenters. The van der Waals surface area contributed by atoms with Crippen LogP contribution in [-0.2, 0) is 23.1 Å². The number of aromatic nitrogens is 3. The molecular formula is C21H21N5O5S. The van der Waals surface area contributed by atoms with Gasteiger partial charge in [0.15, 0.2) is 5.16 Å². The Kier molecular flexibility index (Phi) is 7.45. The molecule has 0 saturated heterocycles. The van der Waals surface area contributed by atoms with Gasteiger partial charge in [0.2, 0.25) is 11.8 Å². The molecular weight excluding hydrogens is 434 g/mol. The number of hydrogen-bond acceptors (Lipinski definition) is 7. The molecule has 0 aliphatic heterocycles. The third kappa shape index (κ3) is 6.08. The molecule has 3 aromatic rings. The topological polar surface area (TPSA) is 135 Å². The quantitative estimate of drug-likeness (QED) is 0.419. The monoisotopic (exact) mass is 455 g/mol. The molecule has 3 N–H and O–H groups in total. The number of carbonyl (C=O) groups is 3. The predicted octanol–water partition coefficient (Wildman–Crippen LogP) is 2.43. The van der Waals surface area contributed by atoms with Crippen LogP contribution in [0.25, 0.3) is 0 Å². The number of carbonyl (C=O) groups excluding carboxylic acids is 2. The molecule has 32 heavy (non-hydrogen) atoms. The van der Waals surface area contributed by atoms with E-state index in [0.29, 0.717) is 28.1 Å². The number of carboxylic acids is 1. The van der Waals surface area contributed by atoms with Crippen LogP contribution in [0.5, 0.6) is 5.75 Å². The summed E-state index contributed by atoms with van der Waals surface area (Å²) >= 11 is 1.15. The lowest BCUT2D eigenvalue weighted by atomic mass is 10.2. The molecule has 0 aliphatic rings. The van der Waals surface area contributed by atoms with Gasteiger partial charge in [-0.3, -0.25) is 9.59 Å². The predicted molar refractivity (Wildman–Crippen MR) is 119 cm³/mol. The number of benzene rings is 2. The molecule has 0 radical (unpaired) electrons. The van der Waals surface area contributed by atoms with Crippen LogP contribution in [0.2, 0.25) is 0 Å². The molecule has 166 valence electrons. The van der Waals surface area contributed by atoms with Crippen molar-refractivity contribution in [2.24, 2.45) is 7.05 Å². The van der Waals surface area contributed by atoms with Crippen molar-refractivity contribution in [3.05, 3.63) is 59.9 Å². The second-order valence-corrected chi connectivity index (χ2v) is 7.58. The second kappa shape index (κ2) is 10.4. The largest absolute Gasteiger partial charge is 0.497 e. The van der Waals surface area contributed by atoms with E-state index in [1.54, 1.807) is 55.1 Å². The number of ether oxygens (including phenoxy) is 1. The van der Waals surface area contributed by atoms with Crippen molar-refractivity contribution in [3.8, 4) is 5.75 Å². The zero-order chi connectivity index (χ0) is 23.1. The van der Waals surface area contributed by atoms with E-state index in [2.05, 4.69) is 20.8 Å². The fourth-order valence-electron chi connectivity index (χ4n) is 2.73. The van der Waals surface area contributed by atoms with Crippen LogP contribution in [0.4, 0.5) is 11.4 Å². The summed E-state index contributed by atoms with van der Waals surface area (Å²) in [7, 11) is 3.26. The summed E-state index contributed by atoms with van der Waals surface area (Å²) in [5, 5.41) is 23.0. The Labute approximate surface area is 188 Å². The van der Waals surface area contributed by atoms with Crippen molar-refractivity contribution < 1.29 is 24.2 Å². The molecule has 10 nitrogen and oxygen atoms in total. The van der Waals surface area contributed by atoms with Crippen LogP contribution in [0.3, 0.4) is 0 Å². The van der Waals surface area contributed by atoms with Gasteiger partial charge in [-0.15, -0.1) is 10.2 Å². The fraction of sp³-hybridized carbons (Fsp3) is 0.190. The van der Waals surface area contributed by atoms with Gasteiger partial charge in [0.05, 0.1) is 24.8 Å². The number of nitrogens with zero attached hydrogens (tertiary/aromatic N) is 3. The minimum Gasteiger partial charge on any atom is -0.497 e. The van der Waals surface area contributed by atoms with Crippen LogP contribution in [0.1, 0.15) is 16.2 Å². The standard InChI is InChI=1S/C21H21N5O5S/c1-26-17(11-18(27)22-15-7-4-8-16(10-15)31-2)24-25-21(26)32-12-19(28)23-14-6-3-5-13(9-14)20(29)30/h3-10H,11-12H2,1-2H3,(H,22,27)(H,23,28)(H,29,30). The van der Waals surface area contributed by atoms with E-state index in [4.69, 9.17) is 9.84 Å². The molecule has 3 rings (SSSR count). The van der Waals surface area contributed by atoms with Crippen LogP contribution in [0, 0.1) is 0 Å². The van der Waals surface area contributed by atoms with E-state index in [-0.39, 0.29) is 29.6 Å². The SMILES string of the molecule is COc1cccc(NC(=O)Cc2nnc(SCC(=O)Nc3cccc(C(=O)O)c3)n2C)c1. The Bertz CT molecular complexity index is 1150. The molecule has 0 aliphatic carbocycles. The highest BCUT2D eigenvalue weighted by atomic mass is 32.2. The molecule has 0 saturated carbocycles. The van der Waals surface area contributed by atoms with E-state index < -0.39 is 5.97 Å². The van der Waals surface area contributed by atoms with E-state index in [9.17, 15) is 14.4 Å². The van der Waals surface area contributed by atoms with Crippen LogP contribution < -0.4 is 15.4 Å². The number of carboxylic acid groups (broad SMARTS) is 1. The van der Waals surface area contributed by atoms with E-state index in [1.165, 1.54) is 12.1 Å². The number of aromatic carboxylic acids is 1. The summed E-state index contributed by atoms with van der Waals surface area (Å²) in [6.07, 6.45) is 0.00937. The van der Waals surface area contributed by atoms with Gasteiger partial charge >= 0.3 is 5.97 Å². The third-order valence-corrected chi connectivity index (χ3v) is 5.34. The van der Waals surface area contributed by atoms with E-state index >= 15 is 0 Å². The van der Waals surface area contributed by atoms with Gasteiger partial charge in [-0.1, -0.05) is 23.9 Å². The zero-order valence-corrected chi connectivity index (χ0v) is 18.2. The molecule has 1 aromatic heterocycles. The van der Waals surface area contributed by atoms with Crippen molar-refractivity contribution in [2.75, 3.05) is 23.5 Å². The molecule has 2 aromatic carbocycles.